The predicted octanol–water partition coefficient (Wildman–Crippen LogP) is 7.24. The van der Waals surface area contributed by atoms with Gasteiger partial charge >= 0.3 is 5.97 Å². The van der Waals surface area contributed by atoms with E-state index in [1.54, 1.807) is 30.3 Å². The van der Waals surface area contributed by atoms with Gasteiger partial charge in [0.25, 0.3) is 5.89 Å². The van der Waals surface area contributed by atoms with E-state index in [0.717, 1.165) is 16.0 Å². The second kappa shape index (κ2) is 11.1. The highest BCUT2D eigenvalue weighted by molar-refractivity contribution is 7.17. The quantitative estimate of drug-likeness (QED) is 0.197. The lowest BCUT2D eigenvalue weighted by Gasteiger charge is -2.12. The summed E-state index contributed by atoms with van der Waals surface area (Å²) in [5.41, 5.74) is 3.10. The Morgan fingerprint density at radius 2 is 1.67 bits per heavy atom. The van der Waals surface area contributed by atoms with Crippen molar-refractivity contribution in [2.24, 2.45) is 5.92 Å². The maximum absolute atomic E-state index is 15.0. The van der Waals surface area contributed by atoms with Gasteiger partial charge in [-0.25, -0.2) is 8.78 Å². The molecule has 2 heterocycles. The molecule has 1 N–H and O–H groups in total. The van der Waals surface area contributed by atoms with Crippen LogP contribution in [0.25, 0.3) is 33.3 Å². The van der Waals surface area contributed by atoms with E-state index in [2.05, 4.69) is 10.1 Å². The van der Waals surface area contributed by atoms with Crippen molar-refractivity contribution in [2.75, 3.05) is 0 Å². The lowest BCUT2D eigenvalue weighted by atomic mass is 9.93. The topological polar surface area (TPSA) is 93.3 Å². The molecule has 3 aromatic carbocycles. The van der Waals surface area contributed by atoms with Crippen molar-refractivity contribution in [1.82, 2.24) is 10.1 Å². The van der Waals surface area contributed by atoms with Crippen LogP contribution in [0.15, 0.2) is 83.4 Å². The first-order chi connectivity index (χ1) is 18.8. The molecule has 6 nitrogen and oxygen atoms in total. The molecule has 0 bridgehead atoms. The van der Waals surface area contributed by atoms with Gasteiger partial charge in [-0.2, -0.15) is 4.98 Å². The van der Waals surface area contributed by atoms with Crippen molar-refractivity contribution in [1.29, 1.82) is 0 Å². The highest BCUT2D eigenvalue weighted by Gasteiger charge is 2.24. The number of carboxylic acids is 1. The number of thiophene rings is 1. The van der Waals surface area contributed by atoms with Crippen LogP contribution in [0.5, 0.6) is 0 Å². The summed E-state index contributed by atoms with van der Waals surface area (Å²) in [5, 5.41) is 13.6. The molecule has 0 amide bonds. The number of hydrogen-bond acceptors (Lipinski definition) is 6. The van der Waals surface area contributed by atoms with Crippen LogP contribution in [0, 0.1) is 24.5 Å². The van der Waals surface area contributed by atoms with Gasteiger partial charge < -0.3 is 9.63 Å². The van der Waals surface area contributed by atoms with Gasteiger partial charge in [-0.15, -0.1) is 11.3 Å². The number of nitrogens with zero attached hydrogens (tertiary/aromatic N) is 2. The Kier molecular flexibility index (Phi) is 7.42. The molecule has 1 atom stereocenters. The number of rotatable bonds is 9. The normalized spacial score (nSPS) is 11.9. The molecule has 1 unspecified atom stereocenters. The van der Waals surface area contributed by atoms with E-state index >= 15 is 4.39 Å². The van der Waals surface area contributed by atoms with E-state index in [-0.39, 0.29) is 41.7 Å². The van der Waals surface area contributed by atoms with Crippen LogP contribution in [-0.4, -0.2) is 27.0 Å². The predicted molar refractivity (Wildman–Crippen MR) is 143 cm³/mol. The van der Waals surface area contributed by atoms with E-state index < -0.39 is 17.7 Å². The number of Topliss-reactive ketones (excluding diaryl/α,β-unsaturated/α-hetero) is 1. The van der Waals surface area contributed by atoms with Crippen molar-refractivity contribution in [3.8, 4) is 33.3 Å². The molecule has 0 fully saturated rings. The molecule has 39 heavy (non-hydrogen) atoms. The van der Waals surface area contributed by atoms with Gasteiger partial charge in [0.05, 0.1) is 16.4 Å². The summed E-state index contributed by atoms with van der Waals surface area (Å²) in [6.45, 7) is 1.96. The second-order valence-electron chi connectivity index (χ2n) is 9.14. The number of benzene rings is 3. The zero-order chi connectivity index (χ0) is 27.5. The van der Waals surface area contributed by atoms with E-state index in [1.165, 1.54) is 35.6 Å². The number of hydrogen-bond donors (Lipinski definition) is 1. The van der Waals surface area contributed by atoms with Gasteiger partial charge in [0.1, 0.15) is 11.6 Å². The number of aromatic nitrogens is 2. The summed E-state index contributed by atoms with van der Waals surface area (Å²) >= 11 is 1.22. The number of carbonyl (C=O) groups is 2. The van der Waals surface area contributed by atoms with Crippen LogP contribution in [0.3, 0.4) is 0 Å². The molecule has 0 saturated heterocycles. The molecular formula is C30H22F2N2O4S. The van der Waals surface area contributed by atoms with Crippen LogP contribution in [0.1, 0.15) is 27.2 Å². The smallest absolute Gasteiger partial charge is 0.307 e. The third-order valence-electron chi connectivity index (χ3n) is 6.27. The Labute approximate surface area is 226 Å². The first-order valence-electron chi connectivity index (χ1n) is 12.1. The van der Waals surface area contributed by atoms with E-state index in [4.69, 9.17) is 4.52 Å². The summed E-state index contributed by atoms with van der Waals surface area (Å²) in [6, 6.07) is 21.1. The average Bonchev–Trinajstić information content (AvgIpc) is 3.60. The molecule has 2 aromatic heterocycles. The minimum Gasteiger partial charge on any atom is -0.481 e. The van der Waals surface area contributed by atoms with Crippen LogP contribution in [-0.2, 0) is 11.2 Å². The summed E-state index contributed by atoms with van der Waals surface area (Å²) < 4.78 is 33.5. The monoisotopic (exact) mass is 544 g/mol. The molecule has 0 aliphatic heterocycles. The first kappa shape index (κ1) is 26.1. The number of halogens is 2. The molecule has 0 spiro atoms. The standard InChI is InChI=1S/C30H22F2N2O4S/c1-17-2-5-20(6-3-17)29-33-28(34-38-29)23-11-4-18(15-24(23)32)14-21(30(36)37)16-25(35)27-13-12-26(39-27)19-7-9-22(31)10-8-19/h2-13,15,21H,14,16H2,1H3,(H,36,37). The summed E-state index contributed by atoms with van der Waals surface area (Å²) in [4.78, 5) is 30.3. The Bertz CT molecular complexity index is 1640. The highest BCUT2D eigenvalue weighted by atomic mass is 32.1. The lowest BCUT2D eigenvalue weighted by Crippen LogP contribution is -2.20. The number of aliphatic carboxylic acids is 1. The fourth-order valence-corrected chi connectivity index (χ4v) is 5.09. The van der Waals surface area contributed by atoms with Crippen LogP contribution >= 0.6 is 11.3 Å². The molecule has 0 aliphatic rings. The fourth-order valence-electron chi connectivity index (χ4n) is 4.13. The molecule has 0 saturated carbocycles. The van der Waals surface area contributed by atoms with Crippen LogP contribution in [0.4, 0.5) is 8.78 Å². The van der Waals surface area contributed by atoms with Gasteiger partial charge in [0.2, 0.25) is 5.82 Å². The van der Waals surface area contributed by atoms with Crippen LogP contribution in [0.2, 0.25) is 0 Å². The molecule has 5 rings (SSSR count). The Hall–Kier alpha value is -4.50. The van der Waals surface area contributed by atoms with Gasteiger partial charge in [0, 0.05) is 16.9 Å². The minimum atomic E-state index is -1.15. The van der Waals surface area contributed by atoms with Gasteiger partial charge in [-0.3, -0.25) is 9.59 Å². The van der Waals surface area contributed by atoms with Crippen molar-refractivity contribution in [3.63, 3.8) is 0 Å². The van der Waals surface area contributed by atoms with Crippen molar-refractivity contribution in [3.05, 3.63) is 107 Å². The molecule has 0 aliphatic carbocycles. The Balaban J connectivity index is 1.28. The molecule has 5 aromatic rings. The molecule has 0 radical (unpaired) electrons. The number of aryl methyl sites for hydroxylation is 1. The lowest BCUT2D eigenvalue weighted by molar-refractivity contribution is -0.141. The molecular weight excluding hydrogens is 522 g/mol. The number of ketones is 1. The van der Waals surface area contributed by atoms with Crippen molar-refractivity contribution >= 4 is 23.1 Å². The minimum absolute atomic E-state index is 0.0324. The second-order valence-corrected chi connectivity index (χ2v) is 10.2. The van der Waals surface area contributed by atoms with E-state index in [0.29, 0.717) is 16.0 Å². The van der Waals surface area contributed by atoms with Crippen LogP contribution < -0.4 is 0 Å². The summed E-state index contributed by atoms with van der Waals surface area (Å²) in [7, 11) is 0. The molecule has 196 valence electrons. The average molecular weight is 545 g/mol. The molecule has 9 heteroatoms. The highest BCUT2D eigenvalue weighted by Crippen LogP contribution is 2.31. The van der Waals surface area contributed by atoms with E-state index in [1.807, 2.05) is 31.2 Å². The fraction of sp³-hybridized carbons (Fsp3) is 0.133. The van der Waals surface area contributed by atoms with Gasteiger partial charge in [-0.05, 0) is 73.0 Å². The third kappa shape index (κ3) is 5.99. The summed E-state index contributed by atoms with van der Waals surface area (Å²) in [6.07, 6.45) is -0.276. The maximum atomic E-state index is 15.0. The maximum Gasteiger partial charge on any atom is 0.307 e. The SMILES string of the molecule is Cc1ccc(-c2nc(-c3ccc(CC(CC(=O)c4ccc(-c5ccc(F)cc5)s4)C(=O)O)cc3F)no2)cc1. The summed E-state index contributed by atoms with van der Waals surface area (Å²) in [5.74, 6) is -3.16. The largest absolute Gasteiger partial charge is 0.481 e. The number of carboxylic acid groups (broad SMARTS) is 1. The first-order valence-corrected chi connectivity index (χ1v) is 12.9. The van der Waals surface area contributed by atoms with Gasteiger partial charge in [-0.1, -0.05) is 41.1 Å². The zero-order valence-corrected chi connectivity index (χ0v) is 21.5. The van der Waals surface area contributed by atoms with Gasteiger partial charge in [0.15, 0.2) is 5.78 Å². The van der Waals surface area contributed by atoms with Crippen molar-refractivity contribution in [2.45, 2.75) is 19.8 Å². The Morgan fingerprint density at radius 1 is 0.949 bits per heavy atom. The Morgan fingerprint density at radius 3 is 2.36 bits per heavy atom. The third-order valence-corrected chi connectivity index (χ3v) is 7.45. The number of carbonyl (C=O) groups excluding carboxylic acids is 1. The zero-order valence-electron chi connectivity index (χ0n) is 20.7. The van der Waals surface area contributed by atoms with E-state index in [9.17, 15) is 19.1 Å². The van der Waals surface area contributed by atoms with Crippen molar-refractivity contribution < 1.29 is 28.0 Å².